The topological polar surface area (TPSA) is 35.5 Å². The first kappa shape index (κ1) is 18.9. The minimum Gasteiger partial charge on any atom is -0.378 e. The molecule has 5 heteroatoms. The van der Waals surface area contributed by atoms with Crippen LogP contribution in [0.15, 0.2) is 0 Å². The fourth-order valence-corrected chi connectivity index (χ4v) is 5.20. The Morgan fingerprint density at radius 2 is 1.67 bits per heavy atom. The third kappa shape index (κ3) is 4.11. The van der Waals surface area contributed by atoms with Crippen molar-refractivity contribution in [3.8, 4) is 0 Å². The molecule has 0 bridgehead atoms. The average Bonchev–Trinajstić information content (AvgIpc) is 2.60. The van der Waals surface area contributed by atoms with E-state index in [0.29, 0.717) is 30.5 Å². The van der Waals surface area contributed by atoms with Crippen LogP contribution < -0.4 is 0 Å². The van der Waals surface area contributed by atoms with Crippen molar-refractivity contribution in [3.05, 3.63) is 0 Å². The lowest BCUT2D eigenvalue weighted by atomic mass is 9.77. The second-order valence-corrected chi connectivity index (χ2v) is 9.17. The van der Waals surface area contributed by atoms with E-state index in [9.17, 15) is 4.79 Å². The van der Waals surface area contributed by atoms with Gasteiger partial charge in [-0.25, -0.2) is 0 Å². The van der Waals surface area contributed by atoms with Crippen molar-refractivity contribution in [1.29, 1.82) is 0 Å². The minimum atomic E-state index is -0.299. The third-order valence-corrected chi connectivity index (χ3v) is 7.63. The van der Waals surface area contributed by atoms with E-state index in [1.165, 1.54) is 6.42 Å². The van der Waals surface area contributed by atoms with Gasteiger partial charge in [0, 0.05) is 18.4 Å². The van der Waals surface area contributed by atoms with Crippen LogP contribution in [0.1, 0.15) is 52.4 Å². The molecule has 0 N–H and O–H groups in total. The zero-order valence-electron chi connectivity index (χ0n) is 14.8. The Balaban J connectivity index is 1.50. The number of hydrogen-bond acceptors (Lipinski definition) is 3. The first-order valence-corrected chi connectivity index (χ1v) is 10.4. The van der Waals surface area contributed by atoms with Crippen LogP contribution in [0.25, 0.3) is 0 Å². The summed E-state index contributed by atoms with van der Waals surface area (Å²) >= 11 is 12.9. The molecule has 1 saturated carbocycles. The van der Waals surface area contributed by atoms with Gasteiger partial charge in [-0.05, 0) is 50.4 Å². The van der Waals surface area contributed by atoms with Crippen LogP contribution in [0.4, 0.5) is 0 Å². The van der Waals surface area contributed by atoms with Crippen molar-refractivity contribution in [3.63, 3.8) is 0 Å². The van der Waals surface area contributed by atoms with E-state index in [1.807, 2.05) is 0 Å². The molecule has 0 spiro atoms. The van der Waals surface area contributed by atoms with Crippen LogP contribution in [0.2, 0.25) is 0 Å². The number of alkyl halides is 2. The number of ketones is 1. The van der Waals surface area contributed by atoms with Crippen molar-refractivity contribution in [2.24, 2.45) is 23.7 Å². The van der Waals surface area contributed by atoms with Gasteiger partial charge in [0.2, 0.25) is 0 Å². The van der Waals surface area contributed by atoms with Gasteiger partial charge in [0.05, 0.1) is 23.5 Å². The summed E-state index contributed by atoms with van der Waals surface area (Å²) < 4.78 is 11.9. The lowest BCUT2D eigenvalue weighted by Gasteiger charge is -2.39. The maximum absolute atomic E-state index is 12.8. The van der Waals surface area contributed by atoms with Crippen molar-refractivity contribution < 1.29 is 14.3 Å². The molecule has 0 amide bonds. The quantitative estimate of drug-likeness (QED) is 0.683. The molecule has 8 atom stereocenters. The summed E-state index contributed by atoms with van der Waals surface area (Å²) in [4.78, 5) is 12.8. The molecule has 0 aromatic carbocycles. The fraction of sp³-hybridized carbons (Fsp3) is 0.947. The summed E-state index contributed by atoms with van der Waals surface area (Å²) in [6, 6.07) is 0. The third-order valence-electron chi connectivity index (χ3n) is 6.22. The van der Waals surface area contributed by atoms with Gasteiger partial charge in [0.1, 0.15) is 6.10 Å². The highest BCUT2D eigenvalue weighted by Crippen LogP contribution is 2.39. The lowest BCUT2D eigenvalue weighted by Crippen LogP contribution is -2.46. The summed E-state index contributed by atoms with van der Waals surface area (Å²) in [5.74, 6) is 1.49. The van der Waals surface area contributed by atoms with E-state index in [4.69, 9.17) is 32.7 Å². The molecule has 0 aromatic heterocycles. The highest BCUT2D eigenvalue weighted by Gasteiger charge is 2.43. The van der Waals surface area contributed by atoms with E-state index in [0.717, 1.165) is 38.7 Å². The molecule has 0 aromatic rings. The molecule has 3 rings (SSSR count). The molecule has 1 aliphatic carbocycles. The van der Waals surface area contributed by atoms with Crippen molar-refractivity contribution in [1.82, 2.24) is 0 Å². The van der Waals surface area contributed by atoms with E-state index >= 15 is 0 Å². The Morgan fingerprint density at radius 3 is 2.29 bits per heavy atom. The normalized spacial score (nSPS) is 47.3. The molecule has 2 aliphatic heterocycles. The molecule has 8 unspecified atom stereocenters. The Hall–Kier alpha value is 0.170. The minimum absolute atomic E-state index is 0.122. The van der Waals surface area contributed by atoms with Gasteiger partial charge in [-0.1, -0.05) is 13.8 Å². The van der Waals surface area contributed by atoms with Gasteiger partial charge < -0.3 is 9.47 Å². The van der Waals surface area contributed by atoms with E-state index in [1.54, 1.807) is 0 Å². The predicted molar refractivity (Wildman–Crippen MR) is 96.8 cm³/mol. The number of carbonyl (C=O) groups excluding carboxylic acids is 1. The van der Waals surface area contributed by atoms with Gasteiger partial charge in [0.25, 0.3) is 0 Å². The molecule has 3 aliphatic rings. The molecule has 3 fully saturated rings. The number of carbonyl (C=O) groups is 1. The number of Topliss-reactive ketones (excluding diaryl/α,β-unsaturated/α-hetero) is 1. The zero-order chi connectivity index (χ0) is 17.3. The lowest BCUT2D eigenvalue weighted by molar-refractivity contribution is -0.146. The van der Waals surface area contributed by atoms with Gasteiger partial charge in [-0.2, -0.15) is 0 Å². The van der Waals surface area contributed by atoms with E-state index in [-0.39, 0.29) is 28.6 Å². The highest BCUT2D eigenvalue weighted by molar-refractivity contribution is 6.31. The highest BCUT2D eigenvalue weighted by atomic mass is 35.5. The molecule has 2 saturated heterocycles. The molecule has 3 nitrogen and oxygen atoms in total. The number of hydrogen-bond donors (Lipinski definition) is 0. The predicted octanol–water partition coefficient (Wildman–Crippen LogP) is 4.43. The fourth-order valence-electron chi connectivity index (χ4n) is 4.40. The average molecular weight is 377 g/mol. The van der Waals surface area contributed by atoms with Crippen molar-refractivity contribution in [2.75, 3.05) is 13.2 Å². The van der Waals surface area contributed by atoms with Crippen LogP contribution in [-0.2, 0) is 14.3 Å². The van der Waals surface area contributed by atoms with Crippen LogP contribution in [-0.4, -0.2) is 42.0 Å². The second kappa shape index (κ2) is 8.24. The molecule has 138 valence electrons. The van der Waals surface area contributed by atoms with E-state index in [2.05, 4.69) is 13.8 Å². The Bertz CT molecular complexity index is 428. The van der Waals surface area contributed by atoms with Crippen LogP contribution in [0.5, 0.6) is 0 Å². The van der Waals surface area contributed by atoms with Crippen LogP contribution in [0.3, 0.4) is 0 Å². The van der Waals surface area contributed by atoms with Gasteiger partial charge in [-0.3, -0.25) is 4.79 Å². The van der Waals surface area contributed by atoms with Gasteiger partial charge in [-0.15, -0.1) is 23.2 Å². The number of rotatable bonds is 3. The van der Waals surface area contributed by atoms with Crippen molar-refractivity contribution >= 4 is 29.0 Å². The first-order valence-electron chi connectivity index (χ1n) is 9.52. The Labute approximate surface area is 155 Å². The summed E-state index contributed by atoms with van der Waals surface area (Å²) in [5, 5.41) is -0.393. The van der Waals surface area contributed by atoms with Gasteiger partial charge in [0.15, 0.2) is 5.78 Å². The summed E-state index contributed by atoms with van der Waals surface area (Å²) in [5.41, 5.74) is 0. The molecule has 2 heterocycles. The molecule has 0 radical (unpaired) electrons. The van der Waals surface area contributed by atoms with Crippen LogP contribution >= 0.6 is 23.2 Å². The van der Waals surface area contributed by atoms with Crippen LogP contribution in [0, 0.1) is 23.7 Å². The maximum atomic E-state index is 12.8. The molecular formula is C19H30Cl2O3. The summed E-state index contributed by atoms with van der Waals surface area (Å²) in [6.45, 7) is 5.84. The maximum Gasteiger partial charge on any atom is 0.166 e. The second-order valence-electron chi connectivity index (χ2n) is 8.17. The van der Waals surface area contributed by atoms with E-state index < -0.39 is 0 Å². The Morgan fingerprint density at radius 1 is 0.875 bits per heavy atom. The first-order chi connectivity index (χ1) is 11.5. The molecule has 24 heavy (non-hydrogen) atoms. The summed E-state index contributed by atoms with van der Waals surface area (Å²) in [6.07, 6.45) is 5.97. The molecular weight excluding hydrogens is 347 g/mol. The number of halogens is 2. The zero-order valence-corrected chi connectivity index (χ0v) is 16.3. The SMILES string of the molecule is CC1CCC(C2CCC(C(=O)C3CCC(C)C(Cl)C3Cl)OC2)OC1. The van der Waals surface area contributed by atoms with Gasteiger partial charge >= 0.3 is 0 Å². The monoisotopic (exact) mass is 376 g/mol. The smallest absolute Gasteiger partial charge is 0.166 e. The standard InChI is InChI=1S/C19H30Cl2O3/c1-11-3-7-15(23-9-11)13-5-8-16(24-10-13)19(22)14-6-4-12(2)17(20)18(14)21/h11-18H,3-10H2,1-2H3. The van der Waals surface area contributed by atoms with Crippen molar-refractivity contribution in [2.45, 2.75) is 75.3 Å². The largest absolute Gasteiger partial charge is 0.378 e. The Kier molecular flexibility index (Phi) is 6.51. The summed E-state index contributed by atoms with van der Waals surface area (Å²) in [7, 11) is 0. The number of ether oxygens (including phenoxy) is 2.